The number of esters is 1. The van der Waals surface area contributed by atoms with Crippen LogP contribution in [0.2, 0.25) is 0 Å². The third kappa shape index (κ3) is 6.20. The summed E-state index contributed by atoms with van der Waals surface area (Å²) in [6.07, 6.45) is 0. The summed E-state index contributed by atoms with van der Waals surface area (Å²) in [6.45, 7) is 4.18. The number of benzene rings is 2. The number of rotatable bonds is 8. The van der Waals surface area contributed by atoms with Crippen molar-refractivity contribution in [2.24, 2.45) is 5.92 Å². The number of hydrogen-bond donors (Lipinski definition) is 1. The Morgan fingerprint density at radius 3 is 2.62 bits per heavy atom. The summed E-state index contributed by atoms with van der Waals surface area (Å²) in [7, 11) is 0. The molecule has 2 rings (SSSR count). The van der Waals surface area contributed by atoms with Crippen LogP contribution in [0.25, 0.3) is 0 Å². The van der Waals surface area contributed by atoms with Crippen molar-refractivity contribution in [1.29, 1.82) is 0 Å². The first-order valence-electron chi connectivity index (χ1n) is 8.36. The zero-order valence-electron chi connectivity index (χ0n) is 14.8. The van der Waals surface area contributed by atoms with Crippen molar-refractivity contribution in [2.45, 2.75) is 20.4 Å². The van der Waals surface area contributed by atoms with Gasteiger partial charge in [0.1, 0.15) is 11.6 Å². The van der Waals surface area contributed by atoms with E-state index in [-0.39, 0.29) is 6.54 Å². The minimum atomic E-state index is -0.624. The molecule has 26 heavy (non-hydrogen) atoms. The maximum absolute atomic E-state index is 13.5. The molecule has 138 valence electrons. The number of halogens is 1. The fraction of sp³-hybridized carbons (Fsp3) is 0.300. The Kier molecular flexibility index (Phi) is 7.14. The van der Waals surface area contributed by atoms with Gasteiger partial charge in [0.05, 0.1) is 12.2 Å². The molecule has 6 heteroatoms. The Morgan fingerprint density at radius 1 is 1.12 bits per heavy atom. The molecule has 0 aliphatic carbocycles. The van der Waals surface area contributed by atoms with Gasteiger partial charge in [0.15, 0.2) is 6.61 Å². The second-order valence-corrected chi connectivity index (χ2v) is 6.18. The lowest BCUT2D eigenvalue weighted by Gasteiger charge is -2.10. The van der Waals surface area contributed by atoms with E-state index in [1.54, 1.807) is 42.5 Å². The molecule has 5 nitrogen and oxygen atoms in total. The van der Waals surface area contributed by atoms with E-state index in [1.807, 2.05) is 13.8 Å². The number of nitrogens with one attached hydrogen (secondary N) is 1. The first kappa shape index (κ1) is 19.4. The van der Waals surface area contributed by atoms with Gasteiger partial charge >= 0.3 is 5.97 Å². The summed E-state index contributed by atoms with van der Waals surface area (Å²) in [5.41, 5.74) is 0.662. The van der Waals surface area contributed by atoms with E-state index in [0.717, 1.165) is 0 Å². The van der Waals surface area contributed by atoms with Gasteiger partial charge in [-0.25, -0.2) is 9.18 Å². The van der Waals surface area contributed by atoms with Gasteiger partial charge in [-0.05, 0) is 30.2 Å². The molecule has 1 N–H and O–H groups in total. The molecule has 1 amide bonds. The highest BCUT2D eigenvalue weighted by Crippen LogP contribution is 2.15. The summed E-state index contributed by atoms with van der Waals surface area (Å²) in [5.74, 6) is -0.598. The third-order valence-electron chi connectivity index (χ3n) is 3.42. The molecule has 0 bridgehead atoms. The third-order valence-corrected chi connectivity index (χ3v) is 3.42. The highest BCUT2D eigenvalue weighted by Gasteiger charge is 2.12. The predicted molar refractivity (Wildman–Crippen MR) is 95.3 cm³/mol. The standard InChI is InChI=1S/C20H22FNO4/c1-14(2)12-25-17-8-5-7-15(10-17)20(24)26-13-19(23)22-11-16-6-3-4-9-18(16)21/h3-10,14H,11-13H2,1-2H3,(H,22,23). The van der Waals surface area contributed by atoms with Crippen LogP contribution in [0, 0.1) is 11.7 Å². The summed E-state index contributed by atoms with van der Waals surface area (Å²) in [4.78, 5) is 23.8. The molecule has 0 saturated heterocycles. The Bertz CT molecular complexity index is 761. The van der Waals surface area contributed by atoms with Crippen LogP contribution in [0.3, 0.4) is 0 Å². The van der Waals surface area contributed by atoms with Crippen molar-refractivity contribution in [1.82, 2.24) is 5.32 Å². The van der Waals surface area contributed by atoms with Crippen LogP contribution < -0.4 is 10.1 Å². The molecule has 0 aliphatic rings. The fourth-order valence-corrected chi connectivity index (χ4v) is 2.08. The van der Waals surface area contributed by atoms with Crippen molar-refractivity contribution < 1.29 is 23.5 Å². The summed E-state index contributed by atoms with van der Waals surface area (Å²) >= 11 is 0. The summed E-state index contributed by atoms with van der Waals surface area (Å²) in [6, 6.07) is 12.7. The van der Waals surface area contributed by atoms with Crippen molar-refractivity contribution in [3.63, 3.8) is 0 Å². The van der Waals surface area contributed by atoms with Gasteiger partial charge in [-0.3, -0.25) is 4.79 Å². The van der Waals surface area contributed by atoms with Crippen molar-refractivity contribution in [2.75, 3.05) is 13.2 Å². The molecular formula is C20H22FNO4. The molecule has 0 unspecified atom stereocenters. The van der Waals surface area contributed by atoms with E-state index in [2.05, 4.69) is 5.32 Å². The van der Waals surface area contributed by atoms with Gasteiger partial charge in [-0.1, -0.05) is 38.1 Å². The lowest BCUT2D eigenvalue weighted by Crippen LogP contribution is -2.28. The first-order chi connectivity index (χ1) is 12.5. The van der Waals surface area contributed by atoms with Crippen molar-refractivity contribution in [3.05, 3.63) is 65.5 Å². The average Bonchev–Trinajstić information content (AvgIpc) is 2.64. The quantitative estimate of drug-likeness (QED) is 0.734. The number of ether oxygens (including phenoxy) is 2. The van der Waals surface area contributed by atoms with Gasteiger partial charge in [0.2, 0.25) is 0 Å². The minimum Gasteiger partial charge on any atom is -0.493 e. The highest BCUT2D eigenvalue weighted by atomic mass is 19.1. The molecule has 0 saturated carbocycles. The van der Waals surface area contributed by atoms with Crippen LogP contribution in [0.5, 0.6) is 5.75 Å². The number of carbonyl (C=O) groups excluding carboxylic acids is 2. The molecular weight excluding hydrogens is 337 g/mol. The molecule has 0 heterocycles. The maximum atomic E-state index is 13.5. The highest BCUT2D eigenvalue weighted by molar-refractivity contribution is 5.91. The molecule has 0 aliphatic heterocycles. The van der Waals surface area contributed by atoms with Crippen LogP contribution in [0.1, 0.15) is 29.8 Å². The summed E-state index contributed by atoms with van der Waals surface area (Å²) in [5, 5.41) is 2.51. The number of amides is 1. The first-order valence-corrected chi connectivity index (χ1v) is 8.36. The molecule has 0 fully saturated rings. The molecule has 0 aromatic heterocycles. The van der Waals surface area contributed by atoms with Crippen molar-refractivity contribution in [3.8, 4) is 5.75 Å². The molecule has 2 aromatic carbocycles. The monoisotopic (exact) mass is 359 g/mol. The number of carbonyl (C=O) groups is 2. The molecule has 0 radical (unpaired) electrons. The Balaban J connectivity index is 1.81. The average molecular weight is 359 g/mol. The predicted octanol–water partition coefficient (Wildman–Crippen LogP) is 3.33. The van der Waals surface area contributed by atoms with Gasteiger partial charge in [-0.2, -0.15) is 0 Å². The van der Waals surface area contributed by atoms with Crippen LogP contribution in [0.15, 0.2) is 48.5 Å². The van der Waals surface area contributed by atoms with Gasteiger partial charge < -0.3 is 14.8 Å². The van der Waals surface area contributed by atoms with E-state index in [1.165, 1.54) is 6.07 Å². The van der Waals surface area contributed by atoms with E-state index < -0.39 is 24.3 Å². The smallest absolute Gasteiger partial charge is 0.338 e. The van der Waals surface area contributed by atoms with Gasteiger partial charge in [0.25, 0.3) is 5.91 Å². The van der Waals surface area contributed by atoms with E-state index >= 15 is 0 Å². The minimum absolute atomic E-state index is 0.0293. The topological polar surface area (TPSA) is 64.6 Å². The molecule has 2 aromatic rings. The number of hydrogen-bond acceptors (Lipinski definition) is 4. The fourth-order valence-electron chi connectivity index (χ4n) is 2.08. The normalized spacial score (nSPS) is 10.5. The Hall–Kier alpha value is -2.89. The lowest BCUT2D eigenvalue weighted by atomic mass is 10.2. The van der Waals surface area contributed by atoms with E-state index in [4.69, 9.17) is 9.47 Å². The zero-order chi connectivity index (χ0) is 18.9. The maximum Gasteiger partial charge on any atom is 0.338 e. The van der Waals surface area contributed by atoms with Crippen LogP contribution >= 0.6 is 0 Å². The Morgan fingerprint density at radius 2 is 1.88 bits per heavy atom. The lowest BCUT2D eigenvalue weighted by molar-refractivity contribution is -0.124. The Labute approximate surface area is 152 Å². The largest absolute Gasteiger partial charge is 0.493 e. The van der Waals surface area contributed by atoms with E-state index in [0.29, 0.717) is 29.4 Å². The molecule has 0 spiro atoms. The zero-order valence-corrected chi connectivity index (χ0v) is 14.8. The summed E-state index contributed by atoms with van der Waals surface area (Å²) < 4.78 is 24.0. The van der Waals surface area contributed by atoms with Crippen LogP contribution in [0.4, 0.5) is 4.39 Å². The second-order valence-electron chi connectivity index (χ2n) is 6.18. The van der Waals surface area contributed by atoms with Crippen molar-refractivity contribution >= 4 is 11.9 Å². The SMILES string of the molecule is CC(C)COc1cccc(C(=O)OCC(=O)NCc2ccccc2F)c1. The van der Waals surface area contributed by atoms with Gasteiger partial charge in [-0.15, -0.1) is 0 Å². The van der Waals surface area contributed by atoms with E-state index in [9.17, 15) is 14.0 Å². The van der Waals surface area contributed by atoms with Crippen LogP contribution in [-0.4, -0.2) is 25.1 Å². The molecule has 0 atom stereocenters. The van der Waals surface area contributed by atoms with Crippen LogP contribution in [-0.2, 0) is 16.1 Å². The van der Waals surface area contributed by atoms with Gasteiger partial charge in [0, 0.05) is 12.1 Å². The second kappa shape index (κ2) is 9.56.